The highest BCUT2D eigenvalue weighted by Gasteiger charge is 2.30. The Morgan fingerprint density at radius 1 is 1.33 bits per heavy atom. The van der Waals surface area contributed by atoms with Crippen molar-refractivity contribution in [2.75, 3.05) is 11.9 Å². The Kier molecular flexibility index (Phi) is 4.74. The third-order valence-corrected chi connectivity index (χ3v) is 3.12. The maximum atomic E-state index is 12.6. The smallest absolute Gasteiger partial charge is 0.394 e. The summed E-state index contributed by atoms with van der Waals surface area (Å²) in [5.74, 6) is 0. The fraction of sp³-hybridized carbons (Fsp3) is 0.308. The minimum atomic E-state index is -4.41. The van der Waals surface area contributed by atoms with Crippen LogP contribution < -0.4 is 5.32 Å². The molecule has 4 nitrogen and oxygen atoms in total. The number of aliphatic hydroxyl groups excluding tert-OH is 1. The zero-order valence-electron chi connectivity index (χ0n) is 10.9. The van der Waals surface area contributed by atoms with Crippen molar-refractivity contribution in [3.63, 3.8) is 0 Å². The molecule has 0 amide bonds. The molecule has 2 rings (SSSR count). The summed E-state index contributed by atoms with van der Waals surface area (Å²) in [4.78, 5) is 0. The second-order valence-electron chi connectivity index (χ2n) is 4.38. The summed E-state index contributed by atoms with van der Waals surface area (Å²) < 4.78 is 39.5. The molecule has 2 aromatic rings. The number of anilines is 1. The second kappa shape index (κ2) is 6.36. The molecule has 21 heavy (non-hydrogen) atoms. The summed E-state index contributed by atoms with van der Waals surface area (Å²) in [6.07, 6.45) is -1.14. The summed E-state index contributed by atoms with van der Waals surface area (Å²) in [6.45, 7) is 0.616. The number of rotatable bonds is 5. The molecule has 1 aromatic heterocycles. The fourth-order valence-electron chi connectivity index (χ4n) is 1.76. The van der Waals surface area contributed by atoms with Crippen molar-refractivity contribution in [2.24, 2.45) is 0 Å². The molecule has 0 aliphatic carbocycles. The maximum absolute atomic E-state index is 12.6. The first-order valence-corrected chi connectivity index (χ1v) is 6.51. The summed E-state index contributed by atoms with van der Waals surface area (Å²) in [7, 11) is 0. The van der Waals surface area contributed by atoms with E-state index in [-0.39, 0.29) is 23.9 Å². The first-order valence-electron chi connectivity index (χ1n) is 6.13. The van der Waals surface area contributed by atoms with Gasteiger partial charge in [0, 0.05) is 18.3 Å². The van der Waals surface area contributed by atoms with E-state index in [1.165, 1.54) is 6.07 Å². The van der Waals surface area contributed by atoms with Gasteiger partial charge in [-0.05, 0) is 18.2 Å². The van der Waals surface area contributed by atoms with Crippen LogP contribution in [0, 0.1) is 0 Å². The van der Waals surface area contributed by atoms with Gasteiger partial charge < -0.3 is 10.4 Å². The number of alkyl halides is 3. The van der Waals surface area contributed by atoms with Gasteiger partial charge in [-0.2, -0.15) is 18.3 Å². The van der Waals surface area contributed by atoms with Crippen LogP contribution in [0.3, 0.4) is 0 Å². The Balaban J connectivity index is 2.08. The van der Waals surface area contributed by atoms with Gasteiger partial charge in [-0.3, -0.25) is 4.68 Å². The quantitative estimate of drug-likeness (QED) is 0.890. The number of hydrogen-bond acceptors (Lipinski definition) is 3. The first-order chi connectivity index (χ1) is 9.90. The predicted octanol–water partition coefficient (Wildman–Crippen LogP) is 3.16. The van der Waals surface area contributed by atoms with E-state index >= 15 is 0 Å². The predicted molar refractivity (Wildman–Crippen MR) is 73.1 cm³/mol. The van der Waals surface area contributed by atoms with Crippen LogP contribution in [0.5, 0.6) is 0 Å². The standard InChI is InChI=1S/C13H13ClF3N3O/c14-11-2-1-10(13(15,16)17)5-12(11)18-6-9-7-19-20(8-9)3-4-21/h1-2,5,7-8,18,21H,3-4,6H2. The largest absolute Gasteiger partial charge is 0.416 e. The van der Waals surface area contributed by atoms with Crippen LogP contribution >= 0.6 is 11.6 Å². The second-order valence-corrected chi connectivity index (χ2v) is 4.79. The van der Waals surface area contributed by atoms with Crippen molar-refractivity contribution >= 4 is 17.3 Å². The number of halogens is 4. The highest BCUT2D eigenvalue weighted by Crippen LogP contribution is 2.33. The third-order valence-electron chi connectivity index (χ3n) is 2.79. The molecule has 0 fully saturated rings. The van der Waals surface area contributed by atoms with Gasteiger partial charge in [0.2, 0.25) is 0 Å². The Bertz CT molecular complexity index is 613. The zero-order chi connectivity index (χ0) is 15.5. The number of nitrogens with one attached hydrogen (secondary N) is 1. The number of hydrogen-bond donors (Lipinski definition) is 2. The van der Waals surface area contributed by atoms with Gasteiger partial charge in [-0.25, -0.2) is 0 Å². The molecule has 0 aliphatic heterocycles. The number of aromatic nitrogens is 2. The Morgan fingerprint density at radius 3 is 2.76 bits per heavy atom. The Hall–Kier alpha value is -1.73. The van der Waals surface area contributed by atoms with Crippen LogP contribution in [-0.2, 0) is 19.3 Å². The summed E-state index contributed by atoms with van der Waals surface area (Å²) >= 11 is 5.88. The van der Waals surface area contributed by atoms with Crippen molar-refractivity contribution in [3.8, 4) is 0 Å². The Morgan fingerprint density at radius 2 is 2.10 bits per heavy atom. The highest BCUT2D eigenvalue weighted by molar-refractivity contribution is 6.33. The molecule has 8 heteroatoms. The van der Waals surface area contributed by atoms with Crippen molar-refractivity contribution in [3.05, 3.63) is 46.7 Å². The van der Waals surface area contributed by atoms with Crippen molar-refractivity contribution < 1.29 is 18.3 Å². The normalized spacial score (nSPS) is 11.7. The van der Waals surface area contributed by atoms with E-state index in [0.717, 1.165) is 17.7 Å². The average molecular weight is 320 g/mol. The van der Waals surface area contributed by atoms with Crippen molar-refractivity contribution in [1.82, 2.24) is 9.78 Å². The lowest BCUT2D eigenvalue weighted by molar-refractivity contribution is -0.137. The SMILES string of the molecule is OCCn1cc(CNc2cc(C(F)(F)F)ccc2Cl)cn1. The van der Waals surface area contributed by atoms with Crippen LogP contribution in [0.25, 0.3) is 0 Å². The third kappa shape index (κ3) is 4.12. The van der Waals surface area contributed by atoms with Gasteiger partial charge in [0.05, 0.1) is 35.6 Å². The molecule has 0 bridgehead atoms. The van der Waals surface area contributed by atoms with Crippen LogP contribution in [0.15, 0.2) is 30.6 Å². The molecule has 1 aromatic carbocycles. The lowest BCUT2D eigenvalue weighted by Crippen LogP contribution is -2.07. The van der Waals surface area contributed by atoms with Gasteiger partial charge in [0.1, 0.15) is 0 Å². The minimum Gasteiger partial charge on any atom is -0.394 e. The number of benzene rings is 1. The monoisotopic (exact) mass is 319 g/mol. The molecule has 0 saturated carbocycles. The molecule has 0 aliphatic rings. The number of aliphatic hydroxyl groups is 1. The molecule has 0 spiro atoms. The summed E-state index contributed by atoms with van der Waals surface area (Å²) in [5, 5.41) is 15.8. The molecule has 0 saturated heterocycles. The van der Waals surface area contributed by atoms with E-state index in [4.69, 9.17) is 16.7 Å². The lowest BCUT2D eigenvalue weighted by Gasteiger charge is -2.11. The van der Waals surface area contributed by atoms with Gasteiger partial charge in [-0.15, -0.1) is 0 Å². The molecular weight excluding hydrogens is 307 g/mol. The molecule has 0 atom stereocenters. The topological polar surface area (TPSA) is 50.1 Å². The molecular formula is C13H13ClF3N3O. The summed E-state index contributed by atoms with van der Waals surface area (Å²) in [6, 6.07) is 3.12. The minimum absolute atomic E-state index is 0.0337. The van der Waals surface area contributed by atoms with E-state index in [2.05, 4.69) is 10.4 Å². The van der Waals surface area contributed by atoms with E-state index in [1.54, 1.807) is 17.1 Å². The zero-order valence-corrected chi connectivity index (χ0v) is 11.6. The highest BCUT2D eigenvalue weighted by atomic mass is 35.5. The molecule has 0 unspecified atom stereocenters. The van der Waals surface area contributed by atoms with Crippen LogP contribution in [0.1, 0.15) is 11.1 Å². The van der Waals surface area contributed by atoms with E-state index in [0.29, 0.717) is 6.54 Å². The molecule has 2 N–H and O–H groups in total. The van der Waals surface area contributed by atoms with E-state index in [9.17, 15) is 13.2 Å². The van der Waals surface area contributed by atoms with Gasteiger partial charge in [-0.1, -0.05) is 11.6 Å². The Labute approximate surface area is 124 Å². The van der Waals surface area contributed by atoms with Crippen LogP contribution in [-0.4, -0.2) is 21.5 Å². The van der Waals surface area contributed by atoms with E-state index < -0.39 is 11.7 Å². The van der Waals surface area contributed by atoms with Crippen LogP contribution in [0.2, 0.25) is 5.02 Å². The van der Waals surface area contributed by atoms with E-state index in [1.807, 2.05) is 0 Å². The van der Waals surface area contributed by atoms with Crippen molar-refractivity contribution in [1.29, 1.82) is 0 Å². The molecule has 1 heterocycles. The van der Waals surface area contributed by atoms with Gasteiger partial charge in [0.25, 0.3) is 0 Å². The number of nitrogens with zero attached hydrogens (tertiary/aromatic N) is 2. The fourth-order valence-corrected chi connectivity index (χ4v) is 1.94. The molecule has 0 radical (unpaired) electrons. The first kappa shape index (κ1) is 15.7. The van der Waals surface area contributed by atoms with Crippen LogP contribution in [0.4, 0.5) is 18.9 Å². The maximum Gasteiger partial charge on any atom is 0.416 e. The average Bonchev–Trinajstić information content (AvgIpc) is 2.84. The lowest BCUT2D eigenvalue weighted by atomic mass is 10.2. The molecule has 114 valence electrons. The van der Waals surface area contributed by atoms with Crippen molar-refractivity contribution in [2.45, 2.75) is 19.3 Å². The summed E-state index contributed by atoms with van der Waals surface area (Å²) in [5.41, 5.74) is 0.226. The van der Waals surface area contributed by atoms with Gasteiger partial charge in [0.15, 0.2) is 0 Å². The van der Waals surface area contributed by atoms with Gasteiger partial charge >= 0.3 is 6.18 Å².